The summed E-state index contributed by atoms with van der Waals surface area (Å²) >= 11 is 3.49. The van der Waals surface area contributed by atoms with Crippen molar-refractivity contribution in [1.82, 2.24) is 5.16 Å². The van der Waals surface area contributed by atoms with E-state index < -0.39 is 5.92 Å². The van der Waals surface area contributed by atoms with Crippen LogP contribution in [0.4, 0.5) is 0 Å². The van der Waals surface area contributed by atoms with Crippen LogP contribution in [0.5, 0.6) is 0 Å². The van der Waals surface area contributed by atoms with Gasteiger partial charge in [0.05, 0.1) is 7.11 Å². The van der Waals surface area contributed by atoms with Gasteiger partial charge in [-0.25, -0.2) is 0 Å². The van der Waals surface area contributed by atoms with Crippen LogP contribution in [0.25, 0.3) is 11.3 Å². The first-order valence-corrected chi connectivity index (χ1v) is 8.58. The van der Waals surface area contributed by atoms with E-state index in [9.17, 15) is 4.79 Å². The van der Waals surface area contributed by atoms with Crippen LogP contribution in [0.15, 0.2) is 33.3 Å². The molecule has 23 heavy (non-hydrogen) atoms. The topological polar surface area (TPSA) is 52.3 Å². The lowest BCUT2D eigenvalue weighted by Crippen LogP contribution is -2.20. The molecule has 2 rings (SSSR count). The van der Waals surface area contributed by atoms with Gasteiger partial charge in [0.2, 0.25) is 0 Å². The van der Waals surface area contributed by atoms with E-state index in [1.165, 1.54) is 7.11 Å². The molecule has 0 saturated heterocycles. The second kappa shape index (κ2) is 7.77. The normalized spacial score (nSPS) is 13.6. The zero-order valence-corrected chi connectivity index (χ0v) is 15.5. The van der Waals surface area contributed by atoms with Crippen LogP contribution in [0.2, 0.25) is 0 Å². The lowest BCUT2D eigenvalue weighted by molar-refractivity contribution is -0.144. The van der Waals surface area contributed by atoms with Gasteiger partial charge in [-0.1, -0.05) is 47.4 Å². The van der Waals surface area contributed by atoms with Crippen LogP contribution in [0.1, 0.15) is 43.9 Å². The second-order valence-electron chi connectivity index (χ2n) is 5.85. The van der Waals surface area contributed by atoms with Crippen molar-refractivity contribution in [3.63, 3.8) is 0 Å². The molecule has 0 fully saturated rings. The van der Waals surface area contributed by atoms with Gasteiger partial charge in [-0.3, -0.25) is 4.79 Å². The number of benzene rings is 1. The Morgan fingerprint density at radius 2 is 2.13 bits per heavy atom. The highest BCUT2D eigenvalue weighted by atomic mass is 79.9. The molecule has 4 nitrogen and oxygen atoms in total. The maximum absolute atomic E-state index is 12.2. The number of aromatic nitrogens is 1. The molecule has 0 amide bonds. The molecular weight excluding hydrogens is 358 g/mol. The van der Waals surface area contributed by atoms with E-state index in [1.54, 1.807) is 0 Å². The highest BCUT2D eigenvalue weighted by Gasteiger charge is 2.31. The first kappa shape index (κ1) is 17.7. The third-order valence-electron chi connectivity index (χ3n) is 4.06. The van der Waals surface area contributed by atoms with Crippen molar-refractivity contribution < 1.29 is 14.1 Å². The molecule has 0 saturated carbocycles. The highest BCUT2D eigenvalue weighted by molar-refractivity contribution is 9.10. The quantitative estimate of drug-likeness (QED) is 0.654. The average Bonchev–Trinajstić information content (AvgIpc) is 2.99. The molecule has 1 aromatic heterocycles. The Morgan fingerprint density at radius 1 is 1.39 bits per heavy atom. The molecule has 1 aromatic carbocycles. The molecule has 0 bridgehead atoms. The van der Waals surface area contributed by atoms with Crippen LogP contribution in [0, 0.1) is 12.8 Å². The van der Waals surface area contributed by atoms with Crippen molar-refractivity contribution in [3.8, 4) is 11.3 Å². The van der Waals surface area contributed by atoms with Gasteiger partial charge >= 0.3 is 5.97 Å². The monoisotopic (exact) mass is 379 g/mol. The van der Waals surface area contributed by atoms with E-state index in [-0.39, 0.29) is 11.9 Å². The smallest absolute Gasteiger partial charge is 0.316 e. The van der Waals surface area contributed by atoms with Crippen LogP contribution in [-0.2, 0) is 9.53 Å². The first-order chi connectivity index (χ1) is 11.0. The fourth-order valence-electron chi connectivity index (χ4n) is 2.75. The number of carbonyl (C=O) groups excluding carboxylic acids is 1. The number of halogens is 1. The maximum atomic E-state index is 12.2. The van der Waals surface area contributed by atoms with Crippen molar-refractivity contribution in [2.75, 3.05) is 7.11 Å². The van der Waals surface area contributed by atoms with Gasteiger partial charge in [-0.05, 0) is 37.0 Å². The predicted octanol–water partition coefficient (Wildman–Crippen LogP) is 5.11. The van der Waals surface area contributed by atoms with Crippen molar-refractivity contribution >= 4 is 21.9 Å². The summed E-state index contributed by atoms with van der Waals surface area (Å²) in [6.07, 6.45) is 1.93. The van der Waals surface area contributed by atoms with Crippen LogP contribution in [-0.4, -0.2) is 18.2 Å². The molecule has 0 spiro atoms. The standard InChI is InChI=1S/C18H22BrNO3/c1-5-6-11(2)17(18(21)22-4)16-10-15(20-23-16)13-7-8-14(19)12(3)9-13/h7-11,17H,5-6H2,1-4H3. The Bertz CT molecular complexity index is 681. The van der Waals surface area contributed by atoms with Gasteiger partial charge < -0.3 is 9.26 Å². The molecule has 5 heteroatoms. The molecule has 0 aliphatic heterocycles. The Morgan fingerprint density at radius 3 is 2.74 bits per heavy atom. The van der Waals surface area contributed by atoms with E-state index in [0.717, 1.165) is 34.1 Å². The Labute approximate surface area is 145 Å². The van der Waals surface area contributed by atoms with Crippen molar-refractivity contribution in [2.24, 2.45) is 5.92 Å². The highest BCUT2D eigenvalue weighted by Crippen LogP contribution is 2.32. The van der Waals surface area contributed by atoms with Gasteiger partial charge in [-0.2, -0.15) is 0 Å². The number of hydrogen-bond acceptors (Lipinski definition) is 4. The second-order valence-corrected chi connectivity index (χ2v) is 6.70. The lowest BCUT2D eigenvalue weighted by Gasteiger charge is -2.18. The number of methoxy groups -OCH3 is 1. The molecule has 2 unspecified atom stereocenters. The van der Waals surface area contributed by atoms with E-state index in [1.807, 2.05) is 38.1 Å². The molecule has 1 heterocycles. The van der Waals surface area contributed by atoms with Crippen LogP contribution < -0.4 is 0 Å². The maximum Gasteiger partial charge on any atom is 0.316 e. The van der Waals surface area contributed by atoms with E-state index in [2.05, 4.69) is 28.0 Å². The molecule has 2 atom stereocenters. The molecule has 0 aliphatic rings. The summed E-state index contributed by atoms with van der Waals surface area (Å²) in [6, 6.07) is 7.84. The molecule has 124 valence electrons. The molecule has 0 N–H and O–H groups in total. The van der Waals surface area contributed by atoms with E-state index in [4.69, 9.17) is 9.26 Å². The average molecular weight is 380 g/mol. The summed E-state index contributed by atoms with van der Waals surface area (Å²) < 4.78 is 11.5. The number of carbonyl (C=O) groups is 1. The zero-order chi connectivity index (χ0) is 17.0. The van der Waals surface area contributed by atoms with Gasteiger partial charge in [0.15, 0.2) is 5.76 Å². The Hall–Kier alpha value is -1.62. The van der Waals surface area contributed by atoms with Crippen molar-refractivity contribution in [2.45, 2.75) is 39.5 Å². The Kier molecular flexibility index (Phi) is 5.99. The molecule has 2 aromatic rings. The third-order valence-corrected chi connectivity index (χ3v) is 4.95. The number of ether oxygens (including phenoxy) is 1. The Balaban J connectivity index is 2.34. The summed E-state index contributed by atoms with van der Waals surface area (Å²) in [5.74, 6) is 0.00616. The van der Waals surface area contributed by atoms with E-state index >= 15 is 0 Å². The SMILES string of the molecule is CCCC(C)C(C(=O)OC)c1cc(-c2ccc(Br)c(C)c2)no1. The minimum absolute atomic E-state index is 0.139. The number of hydrogen-bond donors (Lipinski definition) is 0. The minimum Gasteiger partial charge on any atom is -0.468 e. The number of rotatable bonds is 6. The van der Waals surface area contributed by atoms with Crippen molar-refractivity contribution in [3.05, 3.63) is 40.1 Å². The van der Waals surface area contributed by atoms with Crippen molar-refractivity contribution in [1.29, 1.82) is 0 Å². The third kappa shape index (κ3) is 4.02. The summed E-state index contributed by atoms with van der Waals surface area (Å²) in [4.78, 5) is 12.2. The number of esters is 1. The molecule has 0 aliphatic carbocycles. The summed E-state index contributed by atoms with van der Waals surface area (Å²) in [5, 5.41) is 4.14. The lowest BCUT2D eigenvalue weighted by atomic mass is 9.88. The predicted molar refractivity (Wildman–Crippen MR) is 93.2 cm³/mol. The summed E-state index contributed by atoms with van der Waals surface area (Å²) in [6.45, 7) is 6.16. The molecular formula is C18H22BrNO3. The largest absolute Gasteiger partial charge is 0.468 e. The summed E-state index contributed by atoms with van der Waals surface area (Å²) in [7, 11) is 1.41. The number of aryl methyl sites for hydroxylation is 1. The van der Waals surface area contributed by atoms with Crippen LogP contribution in [0.3, 0.4) is 0 Å². The van der Waals surface area contributed by atoms with Gasteiger partial charge in [0, 0.05) is 16.1 Å². The molecule has 0 radical (unpaired) electrons. The fourth-order valence-corrected chi connectivity index (χ4v) is 3.00. The summed E-state index contributed by atoms with van der Waals surface area (Å²) in [5.41, 5.74) is 2.82. The van der Waals surface area contributed by atoms with Gasteiger partial charge in [0.1, 0.15) is 11.6 Å². The van der Waals surface area contributed by atoms with Crippen LogP contribution >= 0.6 is 15.9 Å². The fraction of sp³-hybridized carbons (Fsp3) is 0.444. The minimum atomic E-state index is -0.419. The van der Waals surface area contributed by atoms with Gasteiger partial charge in [0.25, 0.3) is 0 Å². The number of nitrogens with zero attached hydrogens (tertiary/aromatic N) is 1. The first-order valence-electron chi connectivity index (χ1n) is 7.78. The van der Waals surface area contributed by atoms with Gasteiger partial charge in [-0.15, -0.1) is 0 Å². The van der Waals surface area contributed by atoms with E-state index in [0.29, 0.717) is 5.76 Å². The zero-order valence-electron chi connectivity index (χ0n) is 13.9.